The molecule has 0 radical (unpaired) electrons. The number of piperazine rings is 1. The van der Waals surface area contributed by atoms with Crippen molar-refractivity contribution in [2.24, 2.45) is 9.98 Å². The maximum Gasteiger partial charge on any atom is 0.223 e. The van der Waals surface area contributed by atoms with Crippen LogP contribution in [0.15, 0.2) is 46.7 Å². The van der Waals surface area contributed by atoms with Gasteiger partial charge < -0.3 is 19.4 Å². The molecule has 7 nitrogen and oxygen atoms in total. The van der Waals surface area contributed by atoms with E-state index in [0.717, 1.165) is 62.1 Å². The van der Waals surface area contributed by atoms with E-state index in [1.807, 2.05) is 41.6 Å². The zero-order valence-electron chi connectivity index (χ0n) is 16.5. The molecule has 1 atom stereocenters. The number of amidine groups is 2. The number of methoxy groups -OCH3 is 1. The third-order valence-corrected chi connectivity index (χ3v) is 5.44. The van der Waals surface area contributed by atoms with Gasteiger partial charge in [-0.2, -0.15) is 0 Å². The average Bonchev–Trinajstić information content (AvgIpc) is 3.12. The van der Waals surface area contributed by atoms with Crippen molar-refractivity contribution < 1.29 is 9.53 Å². The molecular weight excluding hydrogens is 354 g/mol. The van der Waals surface area contributed by atoms with Crippen molar-refractivity contribution in [2.75, 3.05) is 39.8 Å². The van der Waals surface area contributed by atoms with E-state index in [1.165, 1.54) is 0 Å². The second kappa shape index (κ2) is 8.04. The molecule has 148 valence electrons. The number of carbonyl (C=O) groups is 1. The average molecular weight is 381 g/mol. The first-order valence-electron chi connectivity index (χ1n) is 9.89. The van der Waals surface area contributed by atoms with Gasteiger partial charge in [-0.1, -0.05) is 12.1 Å². The van der Waals surface area contributed by atoms with Gasteiger partial charge in [0, 0.05) is 51.5 Å². The lowest BCUT2D eigenvalue weighted by Crippen LogP contribution is -2.53. The van der Waals surface area contributed by atoms with E-state index in [1.54, 1.807) is 7.11 Å². The minimum absolute atomic E-state index is 0.217. The predicted molar refractivity (Wildman–Crippen MR) is 110 cm³/mol. The number of amides is 1. The monoisotopic (exact) mass is 381 g/mol. The van der Waals surface area contributed by atoms with Gasteiger partial charge in [0.25, 0.3) is 0 Å². The van der Waals surface area contributed by atoms with E-state index in [-0.39, 0.29) is 5.91 Å². The van der Waals surface area contributed by atoms with Gasteiger partial charge in [-0.3, -0.25) is 9.79 Å². The highest BCUT2D eigenvalue weighted by Gasteiger charge is 2.31. The molecule has 1 fully saturated rings. The van der Waals surface area contributed by atoms with Crippen LogP contribution in [0.1, 0.15) is 18.9 Å². The van der Waals surface area contributed by atoms with Crippen LogP contribution < -0.4 is 4.74 Å². The molecule has 1 amide bonds. The van der Waals surface area contributed by atoms with Gasteiger partial charge in [-0.25, -0.2) is 4.99 Å². The molecule has 28 heavy (non-hydrogen) atoms. The summed E-state index contributed by atoms with van der Waals surface area (Å²) in [7, 11) is 1.66. The molecule has 3 aliphatic rings. The molecule has 0 aromatic heterocycles. The van der Waals surface area contributed by atoms with Crippen LogP contribution >= 0.6 is 0 Å². The SMILES string of the molecule is COc1ccc(CCC(=O)N2CCN(C3=NC=CN4CC(C)N=C34)CC2)cc1. The highest BCUT2D eigenvalue weighted by Crippen LogP contribution is 2.18. The quantitative estimate of drug-likeness (QED) is 0.797. The van der Waals surface area contributed by atoms with Crippen LogP contribution in [0.2, 0.25) is 0 Å². The van der Waals surface area contributed by atoms with E-state index < -0.39 is 0 Å². The minimum atomic E-state index is 0.217. The zero-order chi connectivity index (χ0) is 19.5. The summed E-state index contributed by atoms with van der Waals surface area (Å²) in [5, 5.41) is 0. The van der Waals surface area contributed by atoms with Crippen LogP contribution in [-0.2, 0) is 11.2 Å². The number of nitrogens with zero attached hydrogens (tertiary/aromatic N) is 5. The first-order valence-corrected chi connectivity index (χ1v) is 9.89. The standard InChI is InChI=1S/C21H27N5O2/c1-16-15-26-10-9-22-20(21(26)23-16)25-13-11-24(12-14-25)19(27)8-5-17-3-6-18(28-2)7-4-17/h3-4,6-7,9-10,16H,5,8,11-15H2,1-2H3. The summed E-state index contributed by atoms with van der Waals surface area (Å²) < 4.78 is 5.18. The smallest absolute Gasteiger partial charge is 0.223 e. The third-order valence-electron chi connectivity index (χ3n) is 5.44. The number of hydrogen-bond acceptors (Lipinski definition) is 6. The van der Waals surface area contributed by atoms with Crippen LogP contribution in [0.3, 0.4) is 0 Å². The number of rotatable bonds is 4. The first kappa shape index (κ1) is 18.5. The fourth-order valence-electron chi connectivity index (χ4n) is 3.85. The van der Waals surface area contributed by atoms with Gasteiger partial charge in [0.05, 0.1) is 13.2 Å². The predicted octanol–water partition coefficient (Wildman–Crippen LogP) is 1.76. The molecule has 3 aliphatic heterocycles. The maximum atomic E-state index is 12.6. The fraction of sp³-hybridized carbons (Fsp3) is 0.476. The Bertz CT molecular complexity index is 807. The Morgan fingerprint density at radius 2 is 1.89 bits per heavy atom. The highest BCUT2D eigenvalue weighted by molar-refractivity contribution is 6.41. The summed E-state index contributed by atoms with van der Waals surface area (Å²) in [6.45, 7) is 6.08. The summed E-state index contributed by atoms with van der Waals surface area (Å²) in [5.74, 6) is 2.97. The maximum absolute atomic E-state index is 12.6. The molecule has 0 aliphatic carbocycles. The van der Waals surface area contributed by atoms with E-state index in [2.05, 4.69) is 21.7 Å². The van der Waals surface area contributed by atoms with E-state index in [0.29, 0.717) is 12.5 Å². The molecule has 1 aromatic rings. The van der Waals surface area contributed by atoms with E-state index in [4.69, 9.17) is 9.73 Å². The summed E-state index contributed by atoms with van der Waals surface area (Å²) >= 11 is 0. The van der Waals surface area contributed by atoms with E-state index >= 15 is 0 Å². The van der Waals surface area contributed by atoms with Gasteiger partial charge >= 0.3 is 0 Å². The van der Waals surface area contributed by atoms with Gasteiger partial charge in [-0.15, -0.1) is 0 Å². The second-order valence-electron chi connectivity index (χ2n) is 7.42. The molecule has 0 saturated carbocycles. The van der Waals surface area contributed by atoms with Gasteiger partial charge in [0.2, 0.25) is 5.91 Å². The van der Waals surface area contributed by atoms with Crippen molar-refractivity contribution >= 4 is 17.6 Å². The molecule has 7 heteroatoms. The minimum Gasteiger partial charge on any atom is -0.497 e. The normalized spacial score (nSPS) is 21.4. The molecule has 0 bridgehead atoms. The van der Waals surface area contributed by atoms with Crippen molar-refractivity contribution in [2.45, 2.75) is 25.8 Å². The van der Waals surface area contributed by atoms with Gasteiger partial charge in [0.1, 0.15) is 5.75 Å². The Morgan fingerprint density at radius 3 is 2.61 bits per heavy atom. The number of aliphatic imine (C=N–C) groups is 2. The van der Waals surface area contributed by atoms with Crippen LogP contribution in [-0.4, -0.2) is 78.2 Å². The van der Waals surface area contributed by atoms with Crippen molar-refractivity contribution in [3.8, 4) is 5.75 Å². The number of ether oxygens (including phenoxy) is 1. The number of carbonyl (C=O) groups excluding carboxylic acids is 1. The second-order valence-corrected chi connectivity index (χ2v) is 7.42. The number of benzene rings is 1. The topological polar surface area (TPSA) is 60.7 Å². The van der Waals surface area contributed by atoms with Gasteiger partial charge in [-0.05, 0) is 31.0 Å². The Balaban J connectivity index is 1.29. The molecular formula is C21H27N5O2. The molecule has 0 spiro atoms. The molecule has 1 aromatic carbocycles. The largest absolute Gasteiger partial charge is 0.497 e. The van der Waals surface area contributed by atoms with Crippen LogP contribution in [0.25, 0.3) is 0 Å². The number of aryl methyl sites for hydroxylation is 1. The molecule has 4 rings (SSSR count). The van der Waals surface area contributed by atoms with Crippen LogP contribution in [0.5, 0.6) is 5.75 Å². The summed E-state index contributed by atoms with van der Waals surface area (Å²) in [6.07, 6.45) is 5.13. The Labute approximate surface area is 166 Å². The zero-order valence-corrected chi connectivity index (χ0v) is 16.5. The highest BCUT2D eigenvalue weighted by atomic mass is 16.5. The molecule has 1 unspecified atom stereocenters. The lowest BCUT2D eigenvalue weighted by atomic mass is 10.1. The van der Waals surface area contributed by atoms with E-state index in [9.17, 15) is 4.79 Å². The van der Waals surface area contributed by atoms with Crippen molar-refractivity contribution in [3.63, 3.8) is 0 Å². The Hall–Kier alpha value is -2.83. The Morgan fingerprint density at radius 1 is 1.14 bits per heavy atom. The number of fused-ring (bicyclic) bond motifs is 1. The molecule has 0 N–H and O–H groups in total. The summed E-state index contributed by atoms with van der Waals surface area (Å²) in [6, 6.07) is 8.22. The lowest BCUT2D eigenvalue weighted by molar-refractivity contribution is -0.132. The van der Waals surface area contributed by atoms with Crippen molar-refractivity contribution in [1.82, 2.24) is 14.7 Å². The van der Waals surface area contributed by atoms with Gasteiger partial charge in [0.15, 0.2) is 11.7 Å². The Kier molecular flexibility index (Phi) is 5.32. The van der Waals surface area contributed by atoms with Crippen molar-refractivity contribution in [3.05, 3.63) is 42.2 Å². The third kappa shape index (κ3) is 3.88. The first-order chi connectivity index (χ1) is 13.6. The van der Waals surface area contributed by atoms with Crippen LogP contribution in [0.4, 0.5) is 0 Å². The van der Waals surface area contributed by atoms with Crippen LogP contribution in [0, 0.1) is 0 Å². The lowest BCUT2D eigenvalue weighted by Gasteiger charge is -2.37. The number of hydrogen-bond donors (Lipinski definition) is 0. The summed E-state index contributed by atoms with van der Waals surface area (Å²) in [4.78, 5) is 28.3. The molecule has 3 heterocycles. The fourth-order valence-corrected chi connectivity index (χ4v) is 3.85. The van der Waals surface area contributed by atoms with Crippen molar-refractivity contribution in [1.29, 1.82) is 0 Å². The summed E-state index contributed by atoms with van der Waals surface area (Å²) in [5.41, 5.74) is 1.16. The molecule has 1 saturated heterocycles.